The Hall–Kier alpha value is -2.42. The van der Waals surface area contributed by atoms with Gasteiger partial charge in [-0.1, -0.05) is 24.3 Å². The first-order valence-corrected chi connectivity index (χ1v) is 5.65. The van der Waals surface area contributed by atoms with Crippen LogP contribution in [-0.2, 0) is 0 Å². The molecule has 0 atom stereocenters. The van der Waals surface area contributed by atoms with Gasteiger partial charge in [-0.15, -0.1) is 0 Å². The lowest BCUT2D eigenvalue weighted by atomic mass is 10.1. The number of nitrogens with zero attached hydrogens (tertiary/aromatic N) is 1. The van der Waals surface area contributed by atoms with E-state index in [1.54, 1.807) is 12.1 Å². The molecule has 18 heavy (non-hydrogen) atoms. The molecule has 0 unspecified atom stereocenters. The van der Waals surface area contributed by atoms with Crippen LogP contribution in [0.3, 0.4) is 0 Å². The molecular weight excluding hydrogens is 227 g/mol. The molecule has 0 aliphatic rings. The van der Waals surface area contributed by atoms with Crippen molar-refractivity contribution in [2.75, 3.05) is 5.73 Å². The van der Waals surface area contributed by atoms with E-state index >= 15 is 0 Å². The number of halogens is 1. The van der Waals surface area contributed by atoms with E-state index in [-0.39, 0.29) is 5.82 Å². The molecule has 2 nitrogen and oxygen atoms in total. The first-order valence-electron chi connectivity index (χ1n) is 5.65. The van der Waals surface area contributed by atoms with Gasteiger partial charge in [-0.25, -0.2) is 9.37 Å². The van der Waals surface area contributed by atoms with Crippen molar-refractivity contribution in [3.63, 3.8) is 0 Å². The first kappa shape index (κ1) is 10.7. The predicted octanol–water partition coefficient (Wildman–Crippen LogP) is 3.62. The largest absolute Gasteiger partial charge is 0.399 e. The normalized spacial score (nSPS) is 10.7. The highest BCUT2D eigenvalue weighted by Crippen LogP contribution is 2.24. The summed E-state index contributed by atoms with van der Waals surface area (Å²) < 4.78 is 13.8. The van der Waals surface area contributed by atoms with Crippen molar-refractivity contribution in [1.82, 2.24) is 4.98 Å². The van der Waals surface area contributed by atoms with E-state index in [1.165, 1.54) is 6.07 Å². The number of nitrogen functional groups attached to an aromatic ring is 1. The number of aromatic nitrogens is 1. The highest BCUT2D eigenvalue weighted by atomic mass is 19.1. The molecule has 0 fully saturated rings. The van der Waals surface area contributed by atoms with Gasteiger partial charge in [0.2, 0.25) is 0 Å². The SMILES string of the molecule is Nc1ccc(-c2ccc3ccccc3n2)c(F)c1. The fraction of sp³-hybridized carbons (Fsp3) is 0. The Bertz CT molecular complexity index is 723. The van der Waals surface area contributed by atoms with Crippen LogP contribution in [0.25, 0.3) is 22.2 Å². The van der Waals surface area contributed by atoms with Crippen molar-refractivity contribution >= 4 is 16.6 Å². The number of anilines is 1. The van der Waals surface area contributed by atoms with E-state index in [0.717, 1.165) is 10.9 Å². The minimum Gasteiger partial charge on any atom is -0.399 e. The second-order valence-corrected chi connectivity index (χ2v) is 4.13. The van der Waals surface area contributed by atoms with Crippen molar-refractivity contribution in [3.8, 4) is 11.3 Å². The van der Waals surface area contributed by atoms with E-state index in [0.29, 0.717) is 16.9 Å². The standard InChI is InChI=1S/C15H11FN2/c16-13-9-11(17)6-7-12(13)15-8-5-10-3-1-2-4-14(10)18-15/h1-9H,17H2. The summed E-state index contributed by atoms with van der Waals surface area (Å²) in [5, 5.41) is 1.04. The summed E-state index contributed by atoms with van der Waals surface area (Å²) in [4.78, 5) is 4.46. The molecule has 88 valence electrons. The summed E-state index contributed by atoms with van der Waals surface area (Å²) in [6.07, 6.45) is 0. The minimum atomic E-state index is -0.349. The lowest BCUT2D eigenvalue weighted by Crippen LogP contribution is -1.91. The molecule has 3 aromatic rings. The summed E-state index contributed by atoms with van der Waals surface area (Å²) >= 11 is 0. The molecule has 0 aliphatic heterocycles. The summed E-state index contributed by atoms with van der Waals surface area (Å²) in [5.41, 5.74) is 7.89. The average Bonchev–Trinajstić information content (AvgIpc) is 2.38. The van der Waals surface area contributed by atoms with Crippen molar-refractivity contribution in [2.45, 2.75) is 0 Å². The van der Waals surface area contributed by atoms with Gasteiger partial charge in [0.25, 0.3) is 0 Å². The van der Waals surface area contributed by atoms with Gasteiger partial charge in [0.15, 0.2) is 0 Å². The van der Waals surface area contributed by atoms with Crippen molar-refractivity contribution < 1.29 is 4.39 Å². The van der Waals surface area contributed by atoms with Gasteiger partial charge < -0.3 is 5.73 Å². The molecule has 0 saturated heterocycles. The Morgan fingerprint density at radius 3 is 2.61 bits per heavy atom. The van der Waals surface area contributed by atoms with Crippen LogP contribution in [0.4, 0.5) is 10.1 Å². The molecule has 2 N–H and O–H groups in total. The summed E-state index contributed by atoms with van der Waals surface area (Å²) in [5.74, 6) is -0.349. The third-order valence-corrected chi connectivity index (χ3v) is 2.87. The monoisotopic (exact) mass is 238 g/mol. The predicted molar refractivity (Wildman–Crippen MR) is 71.5 cm³/mol. The van der Waals surface area contributed by atoms with Gasteiger partial charge in [-0.05, 0) is 30.3 Å². The molecule has 3 heteroatoms. The lowest BCUT2D eigenvalue weighted by Gasteiger charge is -2.05. The van der Waals surface area contributed by atoms with Crippen LogP contribution in [0.1, 0.15) is 0 Å². The smallest absolute Gasteiger partial charge is 0.134 e. The fourth-order valence-corrected chi connectivity index (χ4v) is 1.96. The number of pyridine rings is 1. The molecule has 1 aromatic heterocycles. The summed E-state index contributed by atoms with van der Waals surface area (Å²) in [6, 6.07) is 16.2. The van der Waals surface area contributed by atoms with Crippen LogP contribution in [0.15, 0.2) is 54.6 Å². The Morgan fingerprint density at radius 2 is 1.78 bits per heavy atom. The highest BCUT2D eigenvalue weighted by molar-refractivity contribution is 5.81. The maximum Gasteiger partial charge on any atom is 0.134 e. The fourth-order valence-electron chi connectivity index (χ4n) is 1.96. The van der Waals surface area contributed by atoms with Gasteiger partial charge in [0.05, 0.1) is 11.2 Å². The van der Waals surface area contributed by atoms with Crippen LogP contribution in [0.2, 0.25) is 0 Å². The van der Waals surface area contributed by atoms with Crippen LogP contribution in [0.5, 0.6) is 0 Å². The van der Waals surface area contributed by atoms with Gasteiger partial charge >= 0.3 is 0 Å². The van der Waals surface area contributed by atoms with Crippen LogP contribution < -0.4 is 5.73 Å². The second-order valence-electron chi connectivity index (χ2n) is 4.13. The molecule has 0 amide bonds. The number of para-hydroxylation sites is 1. The number of rotatable bonds is 1. The van der Waals surface area contributed by atoms with E-state index < -0.39 is 0 Å². The van der Waals surface area contributed by atoms with Crippen molar-refractivity contribution in [2.24, 2.45) is 0 Å². The van der Waals surface area contributed by atoms with Gasteiger partial charge in [0, 0.05) is 16.6 Å². The minimum absolute atomic E-state index is 0.349. The van der Waals surface area contributed by atoms with E-state index in [1.807, 2.05) is 36.4 Å². The maximum atomic E-state index is 13.8. The first-order chi connectivity index (χ1) is 8.74. The zero-order valence-electron chi connectivity index (χ0n) is 9.60. The summed E-state index contributed by atoms with van der Waals surface area (Å²) in [7, 11) is 0. The average molecular weight is 238 g/mol. The topological polar surface area (TPSA) is 38.9 Å². The zero-order chi connectivity index (χ0) is 12.5. The molecule has 2 aromatic carbocycles. The lowest BCUT2D eigenvalue weighted by molar-refractivity contribution is 0.631. The third-order valence-electron chi connectivity index (χ3n) is 2.87. The Labute approximate surface area is 104 Å². The molecule has 0 saturated carbocycles. The van der Waals surface area contributed by atoms with Gasteiger partial charge in [-0.2, -0.15) is 0 Å². The van der Waals surface area contributed by atoms with Crippen LogP contribution in [0, 0.1) is 5.82 Å². The Morgan fingerprint density at radius 1 is 0.944 bits per heavy atom. The number of fused-ring (bicyclic) bond motifs is 1. The number of benzene rings is 2. The zero-order valence-corrected chi connectivity index (χ0v) is 9.60. The second kappa shape index (κ2) is 4.11. The van der Waals surface area contributed by atoms with Gasteiger partial charge in [-0.3, -0.25) is 0 Å². The third kappa shape index (κ3) is 1.80. The number of nitrogens with two attached hydrogens (primary N) is 1. The molecule has 0 aliphatic carbocycles. The Kier molecular flexibility index (Phi) is 2.45. The molecule has 1 heterocycles. The van der Waals surface area contributed by atoms with E-state index in [4.69, 9.17) is 5.73 Å². The summed E-state index contributed by atoms with van der Waals surface area (Å²) in [6.45, 7) is 0. The van der Waals surface area contributed by atoms with Crippen LogP contribution in [-0.4, -0.2) is 4.98 Å². The maximum absolute atomic E-state index is 13.8. The Balaban J connectivity index is 2.19. The molecule has 0 spiro atoms. The number of hydrogen-bond acceptors (Lipinski definition) is 2. The quantitative estimate of drug-likeness (QED) is 0.657. The highest BCUT2D eigenvalue weighted by Gasteiger charge is 2.07. The van der Waals surface area contributed by atoms with E-state index in [2.05, 4.69) is 4.98 Å². The van der Waals surface area contributed by atoms with Crippen LogP contribution >= 0.6 is 0 Å². The van der Waals surface area contributed by atoms with E-state index in [9.17, 15) is 4.39 Å². The van der Waals surface area contributed by atoms with Crippen molar-refractivity contribution in [3.05, 3.63) is 60.4 Å². The van der Waals surface area contributed by atoms with Crippen molar-refractivity contribution in [1.29, 1.82) is 0 Å². The molecule has 3 rings (SSSR count). The number of hydrogen-bond donors (Lipinski definition) is 1. The molecule has 0 bridgehead atoms. The molecular formula is C15H11FN2. The molecule has 0 radical (unpaired) electrons. The van der Waals surface area contributed by atoms with Gasteiger partial charge in [0.1, 0.15) is 5.82 Å².